The summed E-state index contributed by atoms with van der Waals surface area (Å²) in [6, 6.07) is 32.3. The number of amides is 2. The Morgan fingerprint density at radius 2 is 1.51 bits per heavy atom. The number of thioether (sulfide) groups is 1. The number of hydrogen-bond acceptors (Lipinski definition) is 6. The third kappa shape index (κ3) is 7.03. The van der Waals surface area contributed by atoms with Crippen LogP contribution in [-0.2, 0) is 4.79 Å². The average Bonchev–Trinajstić information content (AvgIpc) is 3.36. The Morgan fingerprint density at radius 1 is 0.829 bits per heavy atom. The van der Waals surface area contributed by atoms with Crippen LogP contribution in [0, 0.1) is 13.8 Å². The van der Waals surface area contributed by atoms with Gasteiger partial charge in [0.25, 0.3) is 5.91 Å². The van der Waals surface area contributed by atoms with Crippen LogP contribution in [0.2, 0.25) is 0 Å². The molecule has 0 aliphatic rings. The Labute approximate surface area is 247 Å². The number of rotatable bonds is 9. The van der Waals surface area contributed by atoms with E-state index in [2.05, 4.69) is 41.8 Å². The second-order valence-corrected chi connectivity index (χ2v) is 11.8. The molecule has 2 amide bonds. The Kier molecular flexibility index (Phi) is 8.82. The molecular formula is C33H29N3O3S2. The molecule has 1 atom stereocenters. The van der Waals surface area contributed by atoms with E-state index in [1.165, 1.54) is 28.7 Å². The molecule has 8 heteroatoms. The van der Waals surface area contributed by atoms with Gasteiger partial charge in [-0.05, 0) is 67.9 Å². The summed E-state index contributed by atoms with van der Waals surface area (Å²) in [7, 11) is 1.59. The number of carbonyl (C=O) groups excluding carboxylic acids is 2. The van der Waals surface area contributed by atoms with Gasteiger partial charge in [0.15, 0.2) is 5.13 Å². The SMILES string of the molecule is COc1ccc(C(=O)Nc2ccc(SC(C(=O)Nc3nc(-c4ccc(C)cc4)c(C)s3)c3ccccc3)cc2)cc1. The number of anilines is 2. The van der Waals surface area contributed by atoms with Crippen molar-refractivity contribution in [2.75, 3.05) is 17.7 Å². The molecule has 206 valence electrons. The average molecular weight is 580 g/mol. The highest BCUT2D eigenvalue weighted by Crippen LogP contribution is 2.38. The molecule has 0 radical (unpaired) electrons. The van der Waals surface area contributed by atoms with Crippen LogP contribution in [0.5, 0.6) is 5.75 Å². The molecule has 6 nitrogen and oxygen atoms in total. The molecule has 1 heterocycles. The Bertz CT molecular complexity index is 1630. The summed E-state index contributed by atoms with van der Waals surface area (Å²) in [6.45, 7) is 4.07. The van der Waals surface area contributed by atoms with E-state index in [-0.39, 0.29) is 11.8 Å². The third-order valence-electron chi connectivity index (χ3n) is 6.41. The zero-order valence-electron chi connectivity index (χ0n) is 22.9. The number of aryl methyl sites for hydroxylation is 2. The largest absolute Gasteiger partial charge is 0.497 e. The molecule has 0 aliphatic carbocycles. The minimum Gasteiger partial charge on any atom is -0.497 e. The lowest BCUT2D eigenvalue weighted by Gasteiger charge is -2.16. The number of nitrogens with one attached hydrogen (secondary N) is 2. The predicted molar refractivity (Wildman–Crippen MR) is 168 cm³/mol. The molecular weight excluding hydrogens is 551 g/mol. The van der Waals surface area contributed by atoms with Crippen LogP contribution in [0.15, 0.2) is 108 Å². The highest BCUT2D eigenvalue weighted by molar-refractivity contribution is 8.00. The fraction of sp³-hybridized carbons (Fsp3) is 0.121. The van der Waals surface area contributed by atoms with E-state index < -0.39 is 5.25 Å². The molecule has 5 rings (SSSR count). The second kappa shape index (κ2) is 12.8. The molecule has 1 unspecified atom stereocenters. The van der Waals surface area contributed by atoms with Crippen molar-refractivity contribution < 1.29 is 14.3 Å². The molecule has 1 aromatic heterocycles. The Hall–Kier alpha value is -4.40. The molecule has 41 heavy (non-hydrogen) atoms. The van der Waals surface area contributed by atoms with E-state index in [9.17, 15) is 9.59 Å². The number of benzene rings is 4. The first-order chi connectivity index (χ1) is 19.9. The van der Waals surface area contributed by atoms with Crippen molar-refractivity contribution in [1.82, 2.24) is 4.98 Å². The minimum atomic E-state index is -0.497. The van der Waals surface area contributed by atoms with Gasteiger partial charge in [-0.3, -0.25) is 9.59 Å². The van der Waals surface area contributed by atoms with Gasteiger partial charge < -0.3 is 15.4 Å². The lowest BCUT2D eigenvalue weighted by molar-refractivity contribution is -0.115. The molecule has 0 saturated heterocycles. The van der Waals surface area contributed by atoms with Gasteiger partial charge in [-0.2, -0.15) is 0 Å². The second-order valence-electron chi connectivity index (χ2n) is 9.39. The third-order valence-corrected chi connectivity index (χ3v) is 8.56. The molecule has 0 saturated carbocycles. The van der Waals surface area contributed by atoms with Crippen LogP contribution >= 0.6 is 23.1 Å². The summed E-state index contributed by atoms with van der Waals surface area (Å²) < 4.78 is 5.16. The molecule has 0 aliphatic heterocycles. The van der Waals surface area contributed by atoms with Gasteiger partial charge in [-0.15, -0.1) is 23.1 Å². The van der Waals surface area contributed by atoms with Crippen molar-refractivity contribution in [2.45, 2.75) is 24.0 Å². The van der Waals surface area contributed by atoms with Gasteiger partial charge in [0.1, 0.15) is 11.0 Å². The van der Waals surface area contributed by atoms with Crippen molar-refractivity contribution in [3.05, 3.63) is 125 Å². The van der Waals surface area contributed by atoms with Crippen molar-refractivity contribution in [3.63, 3.8) is 0 Å². The minimum absolute atomic E-state index is 0.151. The van der Waals surface area contributed by atoms with Gasteiger partial charge in [-0.25, -0.2) is 4.98 Å². The first kappa shape index (κ1) is 28.1. The maximum atomic E-state index is 13.6. The number of hydrogen-bond donors (Lipinski definition) is 2. The number of nitrogens with zero attached hydrogens (tertiary/aromatic N) is 1. The van der Waals surface area contributed by atoms with Gasteiger partial charge >= 0.3 is 0 Å². The van der Waals surface area contributed by atoms with E-state index in [0.717, 1.165) is 26.6 Å². The fourth-order valence-corrected chi connectivity index (χ4v) is 6.06. The van der Waals surface area contributed by atoms with Crippen LogP contribution in [0.1, 0.15) is 31.6 Å². The summed E-state index contributed by atoms with van der Waals surface area (Å²) in [5.41, 5.74) is 5.18. The monoisotopic (exact) mass is 579 g/mol. The molecule has 0 fully saturated rings. The highest BCUT2D eigenvalue weighted by Gasteiger charge is 2.24. The summed E-state index contributed by atoms with van der Waals surface area (Å²) in [6.07, 6.45) is 0. The smallest absolute Gasteiger partial charge is 0.255 e. The number of methoxy groups -OCH3 is 1. The highest BCUT2D eigenvalue weighted by atomic mass is 32.2. The first-order valence-corrected chi connectivity index (χ1v) is 14.7. The molecule has 2 N–H and O–H groups in total. The van der Waals surface area contributed by atoms with Crippen LogP contribution in [-0.4, -0.2) is 23.9 Å². The van der Waals surface area contributed by atoms with Gasteiger partial charge in [0.2, 0.25) is 5.91 Å². The van der Waals surface area contributed by atoms with Gasteiger partial charge in [0.05, 0.1) is 12.8 Å². The standard InChI is InChI=1S/C33H29N3O3S2/c1-21-9-11-23(12-10-21)29-22(2)40-33(35-29)36-32(38)30(24-7-5-4-6-8-24)41-28-19-15-26(16-20-28)34-31(37)25-13-17-27(39-3)18-14-25/h4-20,30H,1-3H3,(H,34,37)(H,35,36,38). The molecule has 4 aromatic carbocycles. The van der Waals surface area contributed by atoms with Crippen LogP contribution in [0.3, 0.4) is 0 Å². The molecule has 0 bridgehead atoms. The van der Waals surface area contributed by atoms with E-state index in [1.807, 2.05) is 61.5 Å². The Morgan fingerprint density at radius 3 is 2.17 bits per heavy atom. The zero-order valence-corrected chi connectivity index (χ0v) is 24.5. The van der Waals surface area contributed by atoms with E-state index >= 15 is 0 Å². The van der Waals surface area contributed by atoms with E-state index in [4.69, 9.17) is 9.72 Å². The van der Waals surface area contributed by atoms with E-state index in [1.54, 1.807) is 31.4 Å². The number of thiazole rings is 1. The fourth-order valence-electron chi connectivity index (χ4n) is 4.20. The van der Waals surface area contributed by atoms with Crippen LogP contribution in [0.25, 0.3) is 11.3 Å². The topological polar surface area (TPSA) is 80.3 Å². The van der Waals surface area contributed by atoms with Crippen molar-refractivity contribution >= 4 is 45.7 Å². The quantitative estimate of drug-likeness (QED) is 0.172. The maximum Gasteiger partial charge on any atom is 0.255 e. The molecule has 5 aromatic rings. The lowest BCUT2D eigenvalue weighted by Crippen LogP contribution is -2.19. The maximum absolute atomic E-state index is 13.6. The van der Waals surface area contributed by atoms with Gasteiger partial charge in [-0.1, -0.05) is 60.2 Å². The Balaban J connectivity index is 1.30. The lowest BCUT2D eigenvalue weighted by atomic mass is 10.1. The van der Waals surface area contributed by atoms with Crippen molar-refractivity contribution in [2.24, 2.45) is 0 Å². The van der Waals surface area contributed by atoms with Crippen LogP contribution < -0.4 is 15.4 Å². The summed E-state index contributed by atoms with van der Waals surface area (Å²) >= 11 is 2.91. The molecule has 0 spiro atoms. The number of carbonyl (C=O) groups is 2. The summed E-state index contributed by atoms with van der Waals surface area (Å²) in [5.74, 6) is 0.331. The normalized spacial score (nSPS) is 11.5. The van der Waals surface area contributed by atoms with Crippen LogP contribution in [0.4, 0.5) is 10.8 Å². The summed E-state index contributed by atoms with van der Waals surface area (Å²) in [5, 5.41) is 6.03. The zero-order chi connectivity index (χ0) is 28.8. The van der Waals surface area contributed by atoms with Crippen molar-refractivity contribution in [1.29, 1.82) is 0 Å². The van der Waals surface area contributed by atoms with Gasteiger partial charge in [0, 0.05) is 26.6 Å². The number of aromatic nitrogens is 1. The van der Waals surface area contributed by atoms with E-state index in [0.29, 0.717) is 22.1 Å². The summed E-state index contributed by atoms with van der Waals surface area (Å²) in [4.78, 5) is 32.9. The number of ether oxygens (including phenoxy) is 1. The predicted octanol–water partition coefficient (Wildman–Crippen LogP) is 8.16. The van der Waals surface area contributed by atoms with Crippen molar-refractivity contribution in [3.8, 4) is 17.0 Å². The first-order valence-electron chi connectivity index (χ1n) is 13.0.